The SMILES string of the molecule is Cc1ccc(N=Nc2cc(C)ccc2NC(=O)C2CCOCC2)cc1. The Morgan fingerprint density at radius 3 is 2.40 bits per heavy atom. The fourth-order valence-electron chi connectivity index (χ4n) is 2.75. The van der Waals surface area contributed by atoms with Gasteiger partial charge in [0.25, 0.3) is 0 Å². The van der Waals surface area contributed by atoms with E-state index in [-0.39, 0.29) is 11.8 Å². The number of nitrogens with one attached hydrogen (secondary N) is 1. The zero-order chi connectivity index (χ0) is 17.6. The molecule has 0 aliphatic carbocycles. The maximum absolute atomic E-state index is 12.5. The number of ether oxygens (including phenoxy) is 1. The summed E-state index contributed by atoms with van der Waals surface area (Å²) in [5, 5.41) is 11.6. The molecule has 1 amide bonds. The van der Waals surface area contributed by atoms with Gasteiger partial charge in [-0.25, -0.2) is 0 Å². The second-order valence-electron chi connectivity index (χ2n) is 6.43. The number of azo groups is 1. The van der Waals surface area contributed by atoms with E-state index in [1.165, 1.54) is 5.56 Å². The van der Waals surface area contributed by atoms with Gasteiger partial charge in [-0.2, -0.15) is 5.11 Å². The highest BCUT2D eigenvalue weighted by molar-refractivity contribution is 5.95. The van der Waals surface area contributed by atoms with Gasteiger partial charge in [-0.1, -0.05) is 23.8 Å². The Morgan fingerprint density at radius 2 is 1.68 bits per heavy atom. The number of hydrogen-bond acceptors (Lipinski definition) is 4. The number of hydrogen-bond donors (Lipinski definition) is 1. The summed E-state index contributed by atoms with van der Waals surface area (Å²) in [7, 11) is 0. The number of aryl methyl sites for hydroxylation is 2. The lowest BCUT2D eigenvalue weighted by atomic mass is 9.99. The molecule has 0 saturated carbocycles. The Morgan fingerprint density at radius 1 is 1.00 bits per heavy atom. The molecule has 1 aliphatic heterocycles. The van der Waals surface area contributed by atoms with Crippen molar-refractivity contribution in [2.45, 2.75) is 26.7 Å². The molecule has 1 aliphatic rings. The first-order valence-electron chi connectivity index (χ1n) is 8.59. The maximum atomic E-state index is 12.5. The van der Waals surface area contributed by atoms with E-state index in [1.807, 2.05) is 56.3 Å². The number of rotatable bonds is 4. The molecule has 3 rings (SSSR count). The lowest BCUT2D eigenvalue weighted by Crippen LogP contribution is -2.28. The summed E-state index contributed by atoms with van der Waals surface area (Å²) in [5.74, 6) is 0.0240. The smallest absolute Gasteiger partial charge is 0.227 e. The molecule has 0 aromatic heterocycles. The zero-order valence-corrected chi connectivity index (χ0v) is 14.7. The van der Waals surface area contributed by atoms with Crippen molar-refractivity contribution < 1.29 is 9.53 Å². The topological polar surface area (TPSA) is 63.0 Å². The molecule has 0 radical (unpaired) electrons. The fourth-order valence-corrected chi connectivity index (χ4v) is 2.75. The lowest BCUT2D eigenvalue weighted by molar-refractivity contribution is -0.122. The molecule has 1 saturated heterocycles. The minimum absolute atomic E-state index is 0.00283. The highest BCUT2D eigenvalue weighted by Crippen LogP contribution is 2.29. The Balaban J connectivity index is 1.77. The first kappa shape index (κ1) is 17.3. The third kappa shape index (κ3) is 4.73. The third-order valence-corrected chi connectivity index (χ3v) is 4.31. The quantitative estimate of drug-likeness (QED) is 0.790. The summed E-state index contributed by atoms with van der Waals surface area (Å²) in [6.45, 7) is 5.32. The van der Waals surface area contributed by atoms with Crippen LogP contribution in [0.1, 0.15) is 24.0 Å². The van der Waals surface area contributed by atoms with E-state index in [1.54, 1.807) is 0 Å². The molecule has 130 valence electrons. The fraction of sp³-hybridized carbons (Fsp3) is 0.350. The summed E-state index contributed by atoms with van der Waals surface area (Å²) >= 11 is 0. The molecule has 0 unspecified atom stereocenters. The number of amides is 1. The van der Waals surface area contributed by atoms with Crippen LogP contribution in [0.3, 0.4) is 0 Å². The van der Waals surface area contributed by atoms with Gasteiger partial charge in [0.15, 0.2) is 0 Å². The normalized spacial score (nSPS) is 15.4. The molecule has 5 nitrogen and oxygen atoms in total. The monoisotopic (exact) mass is 337 g/mol. The number of carbonyl (C=O) groups excluding carboxylic acids is 1. The molecule has 1 heterocycles. The van der Waals surface area contributed by atoms with E-state index in [0.717, 1.165) is 24.1 Å². The summed E-state index contributed by atoms with van der Waals surface area (Å²) in [6, 6.07) is 13.6. The molecular formula is C20H23N3O2. The van der Waals surface area contributed by atoms with E-state index in [0.29, 0.717) is 24.6 Å². The van der Waals surface area contributed by atoms with E-state index in [2.05, 4.69) is 15.5 Å². The molecule has 5 heteroatoms. The van der Waals surface area contributed by atoms with E-state index >= 15 is 0 Å². The minimum Gasteiger partial charge on any atom is -0.381 e. The highest BCUT2D eigenvalue weighted by atomic mass is 16.5. The Labute approximate surface area is 148 Å². The average molecular weight is 337 g/mol. The molecule has 2 aromatic carbocycles. The summed E-state index contributed by atoms with van der Waals surface area (Å²) in [4.78, 5) is 12.5. The minimum atomic E-state index is -0.00283. The van der Waals surface area contributed by atoms with Crippen molar-refractivity contribution in [3.63, 3.8) is 0 Å². The Hall–Kier alpha value is -2.53. The van der Waals surface area contributed by atoms with Gasteiger partial charge in [-0.05, 0) is 56.5 Å². The highest BCUT2D eigenvalue weighted by Gasteiger charge is 2.22. The van der Waals surface area contributed by atoms with Crippen LogP contribution in [0.5, 0.6) is 0 Å². The summed E-state index contributed by atoms with van der Waals surface area (Å²) in [6.07, 6.45) is 1.52. The van der Waals surface area contributed by atoms with Crippen LogP contribution in [0.2, 0.25) is 0 Å². The predicted octanol–water partition coefficient (Wildman–Crippen LogP) is 5.08. The maximum Gasteiger partial charge on any atom is 0.227 e. The van der Waals surface area contributed by atoms with Crippen LogP contribution >= 0.6 is 0 Å². The molecule has 25 heavy (non-hydrogen) atoms. The lowest BCUT2D eigenvalue weighted by Gasteiger charge is -2.21. The summed E-state index contributed by atoms with van der Waals surface area (Å²) in [5.41, 5.74) is 4.40. The van der Waals surface area contributed by atoms with Crippen molar-refractivity contribution in [1.82, 2.24) is 0 Å². The number of nitrogens with zero attached hydrogens (tertiary/aromatic N) is 2. The molecule has 0 atom stereocenters. The van der Waals surface area contributed by atoms with Gasteiger partial charge in [-0.3, -0.25) is 4.79 Å². The van der Waals surface area contributed by atoms with Crippen LogP contribution in [-0.4, -0.2) is 19.1 Å². The first-order chi connectivity index (χ1) is 12.1. The Bertz CT molecular complexity index is 763. The summed E-state index contributed by atoms with van der Waals surface area (Å²) < 4.78 is 5.32. The van der Waals surface area contributed by atoms with Crippen molar-refractivity contribution in [3.05, 3.63) is 53.6 Å². The van der Waals surface area contributed by atoms with Gasteiger partial charge in [0.2, 0.25) is 5.91 Å². The number of anilines is 1. The van der Waals surface area contributed by atoms with Crippen LogP contribution < -0.4 is 5.32 Å². The first-order valence-corrected chi connectivity index (χ1v) is 8.59. The van der Waals surface area contributed by atoms with Crippen LogP contribution in [0.4, 0.5) is 17.1 Å². The van der Waals surface area contributed by atoms with Gasteiger partial charge < -0.3 is 10.1 Å². The zero-order valence-electron chi connectivity index (χ0n) is 14.7. The van der Waals surface area contributed by atoms with Crippen molar-refractivity contribution in [2.75, 3.05) is 18.5 Å². The molecule has 0 spiro atoms. The Kier molecular flexibility index (Phi) is 5.56. The van der Waals surface area contributed by atoms with Crippen molar-refractivity contribution in [3.8, 4) is 0 Å². The molecule has 0 bridgehead atoms. The van der Waals surface area contributed by atoms with Crippen molar-refractivity contribution in [2.24, 2.45) is 16.1 Å². The standard InChI is InChI=1S/C20H23N3O2/c1-14-3-6-17(7-4-14)22-23-19-13-15(2)5-8-18(19)21-20(24)16-9-11-25-12-10-16/h3-8,13,16H,9-12H2,1-2H3,(H,21,24). The largest absolute Gasteiger partial charge is 0.381 e. The third-order valence-electron chi connectivity index (χ3n) is 4.31. The van der Waals surface area contributed by atoms with Gasteiger partial charge >= 0.3 is 0 Å². The van der Waals surface area contributed by atoms with Crippen LogP contribution in [0.25, 0.3) is 0 Å². The van der Waals surface area contributed by atoms with Crippen molar-refractivity contribution >= 4 is 23.0 Å². The predicted molar refractivity (Wildman–Crippen MR) is 98.7 cm³/mol. The molecule has 2 aromatic rings. The second kappa shape index (κ2) is 8.03. The van der Waals surface area contributed by atoms with Crippen LogP contribution in [0, 0.1) is 19.8 Å². The average Bonchev–Trinajstić information content (AvgIpc) is 2.64. The molecule has 1 N–H and O–H groups in total. The number of benzene rings is 2. The number of carbonyl (C=O) groups is 1. The van der Waals surface area contributed by atoms with Crippen molar-refractivity contribution in [1.29, 1.82) is 0 Å². The van der Waals surface area contributed by atoms with E-state index in [4.69, 9.17) is 4.74 Å². The molecular weight excluding hydrogens is 314 g/mol. The molecule has 1 fully saturated rings. The van der Waals surface area contributed by atoms with Gasteiger partial charge in [0.05, 0.1) is 11.4 Å². The van der Waals surface area contributed by atoms with E-state index < -0.39 is 0 Å². The van der Waals surface area contributed by atoms with Crippen LogP contribution in [-0.2, 0) is 9.53 Å². The van der Waals surface area contributed by atoms with Crippen LogP contribution in [0.15, 0.2) is 52.7 Å². The van der Waals surface area contributed by atoms with Gasteiger partial charge in [0, 0.05) is 19.1 Å². The van der Waals surface area contributed by atoms with Gasteiger partial charge in [0.1, 0.15) is 5.69 Å². The van der Waals surface area contributed by atoms with E-state index in [9.17, 15) is 4.79 Å². The second-order valence-corrected chi connectivity index (χ2v) is 6.43. The van der Waals surface area contributed by atoms with Gasteiger partial charge in [-0.15, -0.1) is 5.11 Å².